The summed E-state index contributed by atoms with van der Waals surface area (Å²) < 4.78 is 10.8. The van der Waals surface area contributed by atoms with Crippen molar-refractivity contribution in [1.82, 2.24) is 4.90 Å². The fourth-order valence-electron chi connectivity index (χ4n) is 2.78. The van der Waals surface area contributed by atoms with E-state index in [0.717, 1.165) is 30.3 Å². The molecule has 0 bridgehead atoms. The van der Waals surface area contributed by atoms with E-state index in [1.807, 2.05) is 12.1 Å². The Morgan fingerprint density at radius 3 is 2.85 bits per heavy atom. The molecule has 3 rings (SSSR count). The minimum atomic E-state index is 0.188. The van der Waals surface area contributed by atoms with E-state index in [2.05, 4.69) is 11.8 Å². The molecular weight excluding hydrogens is 276 g/mol. The van der Waals surface area contributed by atoms with E-state index in [1.165, 1.54) is 12.8 Å². The number of likely N-dealkylation sites (N-methyl/N-ethyl adjacent to an activating group) is 1. The maximum Gasteiger partial charge on any atom is 0.231 e. The highest BCUT2D eigenvalue weighted by atomic mass is 35.5. The van der Waals surface area contributed by atoms with Gasteiger partial charge in [0.15, 0.2) is 11.5 Å². The van der Waals surface area contributed by atoms with Crippen molar-refractivity contribution in [3.05, 3.63) is 22.7 Å². The Morgan fingerprint density at radius 2 is 2.20 bits per heavy atom. The number of ether oxygens (including phenoxy) is 2. The van der Waals surface area contributed by atoms with Crippen LogP contribution in [0, 0.1) is 5.92 Å². The van der Waals surface area contributed by atoms with Crippen LogP contribution in [0.3, 0.4) is 0 Å². The van der Waals surface area contributed by atoms with Gasteiger partial charge in [0.25, 0.3) is 0 Å². The summed E-state index contributed by atoms with van der Waals surface area (Å²) in [7, 11) is 0. The third-order valence-corrected chi connectivity index (χ3v) is 4.37. The van der Waals surface area contributed by atoms with Crippen molar-refractivity contribution >= 4 is 11.6 Å². The van der Waals surface area contributed by atoms with Crippen LogP contribution in [0.4, 0.5) is 0 Å². The second-order valence-electron chi connectivity index (χ2n) is 5.52. The van der Waals surface area contributed by atoms with Crippen molar-refractivity contribution in [3.8, 4) is 11.5 Å². The molecule has 1 saturated carbocycles. The number of hydrogen-bond donors (Lipinski definition) is 1. The lowest BCUT2D eigenvalue weighted by Gasteiger charge is -2.30. The lowest BCUT2D eigenvalue weighted by molar-refractivity contribution is 0.173. The Kier molecular flexibility index (Phi) is 4.06. The molecule has 1 unspecified atom stereocenters. The number of nitrogens with zero attached hydrogens (tertiary/aromatic N) is 1. The van der Waals surface area contributed by atoms with Crippen LogP contribution in [0.1, 0.15) is 31.4 Å². The number of fused-ring (bicyclic) bond motifs is 1. The van der Waals surface area contributed by atoms with Gasteiger partial charge >= 0.3 is 0 Å². The molecule has 2 aliphatic rings. The van der Waals surface area contributed by atoms with Crippen molar-refractivity contribution in [2.24, 2.45) is 11.7 Å². The highest BCUT2D eigenvalue weighted by molar-refractivity contribution is 6.32. The maximum absolute atomic E-state index is 6.28. The molecule has 5 heteroatoms. The van der Waals surface area contributed by atoms with Crippen LogP contribution in [-0.2, 0) is 0 Å². The monoisotopic (exact) mass is 296 g/mol. The third kappa shape index (κ3) is 2.73. The summed E-state index contributed by atoms with van der Waals surface area (Å²) >= 11 is 6.28. The Balaban J connectivity index is 1.86. The smallest absolute Gasteiger partial charge is 0.231 e. The molecule has 4 nitrogen and oxygen atoms in total. The van der Waals surface area contributed by atoms with Crippen LogP contribution >= 0.6 is 11.6 Å². The van der Waals surface area contributed by atoms with Crippen LogP contribution < -0.4 is 15.2 Å². The topological polar surface area (TPSA) is 47.7 Å². The fraction of sp³-hybridized carbons (Fsp3) is 0.600. The molecule has 0 amide bonds. The van der Waals surface area contributed by atoms with Crippen molar-refractivity contribution in [2.45, 2.75) is 25.8 Å². The minimum absolute atomic E-state index is 0.188. The summed E-state index contributed by atoms with van der Waals surface area (Å²) in [5.41, 5.74) is 7.13. The molecule has 1 atom stereocenters. The first-order chi connectivity index (χ1) is 9.72. The lowest BCUT2D eigenvalue weighted by atomic mass is 10.0. The second kappa shape index (κ2) is 5.80. The summed E-state index contributed by atoms with van der Waals surface area (Å²) in [6, 6.07) is 4.16. The predicted molar refractivity (Wildman–Crippen MR) is 79.3 cm³/mol. The van der Waals surface area contributed by atoms with Gasteiger partial charge in [-0.05, 0) is 43.0 Å². The Bertz CT molecular complexity index is 491. The highest BCUT2D eigenvalue weighted by Crippen LogP contribution is 2.42. The first-order valence-corrected chi connectivity index (χ1v) is 7.63. The average molecular weight is 297 g/mol. The quantitative estimate of drug-likeness (QED) is 0.877. The summed E-state index contributed by atoms with van der Waals surface area (Å²) in [5.74, 6) is 2.22. The number of hydrogen-bond acceptors (Lipinski definition) is 4. The van der Waals surface area contributed by atoms with Gasteiger partial charge in [0.2, 0.25) is 6.79 Å². The maximum atomic E-state index is 6.28. The molecule has 110 valence electrons. The van der Waals surface area contributed by atoms with Gasteiger partial charge in [-0.1, -0.05) is 18.5 Å². The molecule has 1 aromatic carbocycles. The number of halogens is 1. The van der Waals surface area contributed by atoms with E-state index in [4.69, 9.17) is 26.8 Å². The van der Waals surface area contributed by atoms with Gasteiger partial charge in [0, 0.05) is 19.1 Å². The van der Waals surface area contributed by atoms with E-state index >= 15 is 0 Å². The van der Waals surface area contributed by atoms with E-state index in [1.54, 1.807) is 0 Å². The SMILES string of the molecule is CCN(CC1CC1)C(CN)c1cc(Cl)c2c(c1)OCO2. The molecule has 2 N–H and O–H groups in total. The summed E-state index contributed by atoms with van der Waals surface area (Å²) in [6.45, 7) is 5.11. The van der Waals surface area contributed by atoms with Crippen LogP contribution in [0.5, 0.6) is 11.5 Å². The fourth-order valence-corrected chi connectivity index (χ4v) is 3.06. The summed E-state index contributed by atoms with van der Waals surface area (Å²) in [6.07, 6.45) is 2.69. The molecule has 1 aliphatic heterocycles. The Morgan fingerprint density at radius 1 is 1.40 bits per heavy atom. The van der Waals surface area contributed by atoms with Crippen LogP contribution in [0.25, 0.3) is 0 Å². The number of benzene rings is 1. The zero-order valence-corrected chi connectivity index (χ0v) is 12.5. The first-order valence-electron chi connectivity index (χ1n) is 7.26. The van der Waals surface area contributed by atoms with Crippen molar-refractivity contribution in [2.75, 3.05) is 26.4 Å². The first kappa shape index (κ1) is 14.0. The molecule has 1 heterocycles. The minimum Gasteiger partial charge on any atom is -0.454 e. The largest absolute Gasteiger partial charge is 0.454 e. The summed E-state index contributed by atoms with van der Waals surface area (Å²) in [5, 5.41) is 0.607. The second-order valence-corrected chi connectivity index (χ2v) is 5.93. The molecule has 1 aliphatic carbocycles. The van der Waals surface area contributed by atoms with E-state index in [-0.39, 0.29) is 12.8 Å². The zero-order chi connectivity index (χ0) is 14.1. The van der Waals surface area contributed by atoms with Gasteiger partial charge in [-0.3, -0.25) is 4.90 Å². The van der Waals surface area contributed by atoms with Crippen LogP contribution in [0.2, 0.25) is 5.02 Å². The van der Waals surface area contributed by atoms with Gasteiger partial charge in [-0.15, -0.1) is 0 Å². The van der Waals surface area contributed by atoms with Gasteiger partial charge < -0.3 is 15.2 Å². The molecule has 0 aromatic heterocycles. The molecular formula is C15H21ClN2O2. The Hall–Kier alpha value is -0.970. The van der Waals surface area contributed by atoms with Gasteiger partial charge in [-0.25, -0.2) is 0 Å². The predicted octanol–water partition coefficient (Wildman–Crippen LogP) is 2.80. The lowest BCUT2D eigenvalue weighted by Crippen LogP contribution is -2.35. The number of nitrogens with two attached hydrogens (primary N) is 1. The van der Waals surface area contributed by atoms with E-state index < -0.39 is 0 Å². The van der Waals surface area contributed by atoms with Crippen LogP contribution in [-0.4, -0.2) is 31.3 Å². The zero-order valence-electron chi connectivity index (χ0n) is 11.8. The van der Waals surface area contributed by atoms with E-state index in [0.29, 0.717) is 17.3 Å². The molecule has 1 fully saturated rings. The Labute approximate surface area is 124 Å². The highest BCUT2D eigenvalue weighted by Gasteiger charge is 2.29. The number of rotatable bonds is 6. The van der Waals surface area contributed by atoms with E-state index in [9.17, 15) is 0 Å². The van der Waals surface area contributed by atoms with Gasteiger partial charge in [0.05, 0.1) is 5.02 Å². The molecule has 1 aromatic rings. The molecule has 0 saturated heterocycles. The average Bonchev–Trinajstić information content (AvgIpc) is 3.13. The third-order valence-electron chi connectivity index (χ3n) is 4.09. The molecule has 20 heavy (non-hydrogen) atoms. The van der Waals surface area contributed by atoms with Crippen molar-refractivity contribution < 1.29 is 9.47 Å². The summed E-state index contributed by atoms with van der Waals surface area (Å²) in [4.78, 5) is 2.44. The van der Waals surface area contributed by atoms with Gasteiger partial charge in [-0.2, -0.15) is 0 Å². The van der Waals surface area contributed by atoms with Crippen LogP contribution in [0.15, 0.2) is 12.1 Å². The van der Waals surface area contributed by atoms with Gasteiger partial charge in [0.1, 0.15) is 0 Å². The normalized spacial score (nSPS) is 18.6. The molecule has 0 radical (unpaired) electrons. The molecule has 0 spiro atoms. The van der Waals surface area contributed by atoms with Crippen molar-refractivity contribution in [1.29, 1.82) is 0 Å². The van der Waals surface area contributed by atoms with Crippen molar-refractivity contribution in [3.63, 3.8) is 0 Å². The standard InChI is InChI=1S/C15H21ClN2O2/c1-2-18(8-10-3-4-10)13(7-17)11-5-12(16)15-14(6-11)19-9-20-15/h5-6,10,13H,2-4,7-9,17H2,1H3.